The summed E-state index contributed by atoms with van der Waals surface area (Å²) in [6.07, 6.45) is 2.19. The molecule has 0 saturated carbocycles. The summed E-state index contributed by atoms with van der Waals surface area (Å²) in [4.78, 5) is 18.5. The lowest BCUT2D eigenvalue weighted by atomic mass is 9.75. The third kappa shape index (κ3) is 5.67. The number of benzene rings is 2. The summed E-state index contributed by atoms with van der Waals surface area (Å²) in [6, 6.07) is 23.0. The Morgan fingerprint density at radius 2 is 1.81 bits per heavy atom. The van der Waals surface area contributed by atoms with E-state index in [0.29, 0.717) is 30.8 Å². The van der Waals surface area contributed by atoms with E-state index in [2.05, 4.69) is 53.3 Å². The molecule has 0 atom stereocenters. The van der Waals surface area contributed by atoms with Crippen molar-refractivity contribution in [2.24, 2.45) is 5.41 Å². The zero-order chi connectivity index (χ0) is 25.7. The molecule has 2 aromatic heterocycles. The van der Waals surface area contributed by atoms with Gasteiger partial charge in [0.25, 0.3) is 5.89 Å². The van der Waals surface area contributed by atoms with Gasteiger partial charge in [-0.15, -0.1) is 10.2 Å². The number of piperidine rings is 1. The van der Waals surface area contributed by atoms with Gasteiger partial charge in [-0.25, -0.2) is 4.79 Å². The SMILES string of the molecule is N#CC1(Cc2ccccc2Br)CCN(c2ccc(-c3nc(COC(=O)c4ccccc4)no3)nn2)CC1. The van der Waals surface area contributed by atoms with Gasteiger partial charge in [0, 0.05) is 17.6 Å². The second-order valence-corrected chi connectivity index (χ2v) is 9.74. The number of halogens is 1. The number of hydrogen-bond acceptors (Lipinski definition) is 9. The summed E-state index contributed by atoms with van der Waals surface area (Å²) < 4.78 is 11.5. The molecule has 4 aromatic rings. The molecule has 0 N–H and O–H groups in total. The molecule has 186 valence electrons. The molecule has 5 rings (SSSR count). The first-order chi connectivity index (χ1) is 18.0. The summed E-state index contributed by atoms with van der Waals surface area (Å²) in [5, 5.41) is 22.4. The molecule has 9 nitrogen and oxygen atoms in total. The molecular weight excluding hydrogens is 536 g/mol. The number of esters is 1. The van der Waals surface area contributed by atoms with E-state index in [-0.39, 0.29) is 18.3 Å². The summed E-state index contributed by atoms with van der Waals surface area (Å²) >= 11 is 3.60. The molecule has 0 unspecified atom stereocenters. The third-order valence-electron chi connectivity index (χ3n) is 6.45. The maximum Gasteiger partial charge on any atom is 0.338 e. The first kappa shape index (κ1) is 24.6. The summed E-state index contributed by atoms with van der Waals surface area (Å²) in [7, 11) is 0. The van der Waals surface area contributed by atoms with Crippen molar-refractivity contribution in [3.8, 4) is 17.7 Å². The number of aromatic nitrogens is 4. The Balaban J connectivity index is 1.18. The van der Waals surface area contributed by atoms with E-state index >= 15 is 0 Å². The predicted molar refractivity (Wildman–Crippen MR) is 138 cm³/mol. The maximum atomic E-state index is 12.1. The first-order valence-electron chi connectivity index (χ1n) is 11.8. The Morgan fingerprint density at radius 1 is 1.05 bits per heavy atom. The molecule has 1 aliphatic rings. The van der Waals surface area contributed by atoms with E-state index in [4.69, 9.17) is 9.26 Å². The average Bonchev–Trinajstić information content (AvgIpc) is 3.43. The number of nitrogens with zero attached hydrogens (tertiary/aromatic N) is 6. The fourth-order valence-corrected chi connectivity index (χ4v) is 4.74. The van der Waals surface area contributed by atoms with Crippen LogP contribution in [0.15, 0.2) is 75.7 Å². The van der Waals surface area contributed by atoms with Crippen LogP contribution in [0.1, 0.15) is 34.6 Å². The Morgan fingerprint density at radius 3 is 2.51 bits per heavy atom. The zero-order valence-corrected chi connectivity index (χ0v) is 21.5. The molecule has 0 bridgehead atoms. The van der Waals surface area contributed by atoms with Gasteiger partial charge in [0.2, 0.25) is 5.82 Å². The average molecular weight is 559 g/mol. The van der Waals surface area contributed by atoms with Crippen molar-refractivity contribution in [3.05, 3.63) is 88.2 Å². The minimum absolute atomic E-state index is 0.114. The highest BCUT2D eigenvalue weighted by atomic mass is 79.9. The van der Waals surface area contributed by atoms with Crippen molar-refractivity contribution in [2.45, 2.75) is 25.9 Å². The number of anilines is 1. The minimum atomic E-state index is -0.463. The largest absolute Gasteiger partial charge is 0.454 e. The number of rotatable bonds is 7. The van der Waals surface area contributed by atoms with Crippen LogP contribution in [0.2, 0.25) is 0 Å². The topological polar surface area (TPSA) is 118 Å². The monoisotopic (exact) mass is 558 g/mol. The van der Waals surface area contributed by atoms with Crippen LogP contribution in [0.25, 0.3) is 11.6 Å². The second kappa shape index (κ2) is 10.9. The quantitative estimate of drug-likeness (QED) is 0.288. The van der Waals surface area contributed by atoms with Gasteiger partial charge in [-0.05, 0) is 55.2 Å². The molecule has 0 spiro atoms. The molecule has 0 aliphatic carbocycles. The van der Waals surface area contributed by atoms with Crippen molar-refractivity contribution in [2.75, 3.05) is 18.0 Å². The third-order valence-corrected chi connectivity index (χ3v) is 7.22. The standard InChI is InChI=1S/C27H23BrN6O3/c28-21-9-5-4-8-20(21)16-27(18-29)12-14-34(15-13-27)24-11-10-22(31-32-24)25-30-23(33-37-25)17-36-26(35)19-6-2-1-3-7-19/h1-11H,12-17H2. The highest BCUT2D eigenvalue weighted by molar-refractivity contribution is 9.10. The predicted octanol–water partition coefficient (Wildman–Crippen LogP) is 5.00. The molecule has 0 radical (unpaired) electrons. The molecule has 1 fully saturated rings. The fraction of sp³-hybridized carbons (Fsp3) is 0.259. The minimum Gasteiger partial charge on any atom is -0.454 e. The number of nitriles is 1. The Labute approximate surface area is 222 Å². The van der Waals surface area contributed by atoms with Crippen molar-refractivity contribution in [1.82, 2.24) is 20.3 Å². The van der Waals surface area contributed by atoms with Crippen LogP contribution in [0.3, 0.4) is 0 Å². The Kier molecular flexibility index (Phi) is 7.23. The van der Waals surface area contributed by atoms with E-state index in [1.165, 1.54) is 0 Å². The van der Waals surface area contributed by atoms with Crippen molar-refractivity contribution < 1.29 is 14.1 Å². The highest BCUT2D eigenvalue weighted by Gasteiger charge is 2.36. The van der Waals surface area contributed by atoms with Crippen LogP contribution in [-0.2, 0) is 17.8 Å². The van der Waals surface area contributed by atoms with Crippen LogP contribution < -0.4 is 4.90 Å². The summed E-state index contributed by atoms with van der Waals surface area (Å²) in [6.45, 7) is 1.31. The molecular formula is C27H23BrN6O3. The highest BCUT2D eigenvalue weighted by Crippen LogP contribution is 2.37. The van der Waals surface area contributed by atoms with E-state index in [9.17, 15) is 10.1 Å². The Hall–Kier alpha value is -4.10. The lowest BCUT2D eigenvalue weighted by molar-refractivity contribution is 0.0459. The number of hydrogen-bond donors (Lipinski definition) is 0. The lowest BCUT2D eigenvalue weighted by Crippen LogP contribution is -2.41. The van der Waals surface area contributed by atoms with Crippen LogP contribution in [0.4, 0.5) is 5.82 Å². The molecule has 0 amide bonds. The van der Waals surface area contributed by atoms with Gasteiger partial charge in [-0.2, -0.15) is 10.2 Å². The Bertz CT molecular complexity index is 1410. The van der Waals surface area contributed by atoms with Gasteiger partial charge in [-0.3, -0.25) is 0 Å². The van der Waals surface area contributed by atoms with Gasteiger partial charge in [0.1, 0.15) is 0 Å². The van der Waals surface area contributed by atoms with Gasteiger partial charge in [0.05, 0.1) is 17.0 Å². The smallest absolute Gasteiger partial charge is 0.338 e. The number of carbonyl (C=O) groups excluding carboxylic acids is 1. The molecule has 10 heteroatoms. The number of ether oxygens (including phenoxy) is 1. The van der Waals surface area contributed by atoms with Crippen LogP contribution in [-0.4, -0.2) is 39.4 Å². The second-order valence-electron chi connectivity index (χ2n) is 8.88. The van der Waals surface area contributed by atoms with Crippen molar-refractivity contribution in [1.29, 1.82) is 5.26 Å². The van der Waals surface area contributed by atoms with Crippen molar-refractivity contribution >= 4 is 27.7 Å². The molecule has 3 heterocycles. The summed E-state index contributed by atoms with van der Waals surface area (Å²) in [5.41, 5.74) is 1.62. The molecule has 37 heavy (non-hydrogen) atoms. The van der Waals surface area contributed by atoms with Gasteiger partial charge in [-0.1, -0.05) is 57.5 Å². The molecule has 1 saturated heterocycles. The molecule has 1 aliphatic heterocycles. The zero-order valence-electron chi connectivity index (χ0n) is 19.9. The van der Waals surface area contributed by atoms with Gasteiger partial charge in [0.15, 0.2) is 18.1 Å². The normalized spacial score (nSPS) is 14.6. The van der Waals surface area contributed by atoms with Crippen LogP contribution in [0, 0.1) is 16.7 Å². The maximum absolute atomic E-state index is 12.1. The van der Waals surface area contributed by atoms with Crippen LogP contribution in [0.5, 0.6) is 0 Å². The fourth-order valence-electron chi connectivity index (χ4n) is 4.31. The van der Waals surface area contributed by atoms with E-state index in [1.54, 1.807) is 30.3 Å². The van der Waals surface area contributed by atoms with E-state index in [0.717, 1.165) is 28.7 Å². The van der Waals surface area contributed by atoms with E-state index < -0.39 is 11.4 Å². The number of carbonyl (C=O) groups is 1. The van der Waals surface area contributed by atoms with E-state index in [1.807, 2.05) is 30.3 Å². The van der Waals surface area contributed by atoms with Gasteiger partial charge >= 0.3 is 5.97 Å². The lowest BCUT2D eigenvalue weighted by Gasteiger charge is -2.38. The van der Waals surface area contributed by atoms with Crippen molar-refractivity contribution in [3.63, 3.8) is 0 Å². The van der Waals surface area contributed by atoms with Gasteiger partial charge < -0.3 is 14.2 Å². The molecule has 2 aromatic carbocycles. The van der Waals surface area contributed by atoms with Crippen LogP contribution >= 0.6 is 15.9 Å². The summed E-state index contributed by atoms with van der Waals surface area (Å²) in [5.74, 6) is 0.696. The first-order valence-corrected chi connectivity index (χ1v) is 12.6.